The van der Waals surface area contributed by atoms with Gasteiger partial charge in [-0.3, -0.25) is 14.4 Å². The summed E-state index contributed by atoms with van der Waals surface area (Å²) in [5.41, 5.74) is 1.57. The second-order valence-electron chi connectivity index (χ2n) is 7.97. The Morgan fingerprint density at radius 1 is 1.13 bits per heavy atom. The summed E-state index contributed by atoms with van der Waals surface area (Å²) >= 11 is 0. The van der Waals surface area contributed by atoms with Gasteiger partial charge in [-0.2, -0.15) is 0 Å². The van der Waals surface area contributed by atoms with Gasteiger partial charge < -0.3 is 15.5 Å². The largest absolute Gasteiger partial charge is 0.350 e. The van der Waals surface area contributed by atoms with Crippen LogP contribution in [0.15, 0.2) is 30.5 Å². The first-order chi connectivity index (χ1) is 14.3. The van der Waals surface area contributed by atoms with Crippen LogP contribution < -0.4 is 10.6 Å². The molecule has 0 saturated carbocycles. The van der Waals surface area contributed by atoms with Crippen LogP contribution in [0.5, 0.6) is 0 Å². The van der Waals surface area contributed by atoms with Crippen molar-refractivity contribution in [3.63, 3.8) is 0 Å². The number of hydrogen-bond donors (Lipinski definition) is 2. The molecule has 2 N–H and O–H groups in total. The molecule has 3 amide bonds. The topological polar surface area (TPSA) is 109 Å². The first-order valence-corrected chi connectivity index (χ1v) is 10.2. The Morgan fingerprint density at radius 2 is 1.80 bits per heavy atom. The summed E-state index contributed by atoms with van der Waals surface area (Å²) in [5.74, 6) is -0.0299. The Morgan fingerprint density at radius 3 is 2.40 bits per heavy atom. The number of nitrogens with one attached hydrogen (secondary N) is 2. The summed E-state index contributed by atoms with van der Waals surface area (Å²) in [4.78, 5) is 37.8. The SMILES string of the molecule is CC(=O)Nc1ccc(C(=O)N2CCC(n3cc(C(=O)NCC(C)C)nn3)CC2)cc1. The Labute approximate surface area is 175 Å². The maximum absolute atomic E-state index is 12.7. The van der Waals surface area contributed by atoms with Crippen molar-refractivity contribution >= 4 is 23.4 Å². The van der Waals surface area contributed by atoms with Gasteiger partial charge in [0, 0.05) is 37.8 Å². The molecule has 160 valence electrons. The molecule has 30 heavy (non-hydrogen) atoms. The Bertz CT molecular complexity index is 898. The zero-order chi connectivity index (χ0) is 21.7. The monoisotopic (exact) mass is 412 g/mol. The normalized spacial score (nSPS) is 14.6. The van der Waals surface area contributed by atoms with Crippen molar-refractivity contribution in [1.29, 1.82) is 0 Å². The van der Waals surface area contributed by atoms with Gasteiger partial charge in [-0.05, 0) is 43.0 Å². The van der Waals surface area contributed by atoms with E-state index in [2.05, 4.69) is 20.9 Å². The van der Waals surface area contributed by atoms with E-state index in [9.17, 15) is 14.4 Å². The summed E-state index contributed by atoms with van der Waals surface area (Å²) in [6, 6.07) is 7.00. The lowest BCUT2D eigenvalue weighted by Crippen LogP contribution is -2.39. The molecule has 3 rings (SSSR count). The van der Waals surface area contributed by atoms with Gasteiger partial charge in [0.25, 0.3) is 11.8 Å². The number of piperidine rings is 1. The van der Waals surface area contributed by atoms with Crippen LogP contribution in [0.25, 0.3) is 0 Å². The van der Waals surface area contributed by atoms with Crippen molar-refractivity contribution in [1.82, 2.24) is 25.2 Å². The zero-order valence-corrected chi connectivity index (χ0v) is 17.6. The second kappa shape index (κ2) is 9.51. The highest BCUT2D eigenvalue weighted by Gasteiger charge is 2.26. The number of aromatic nitrogens is 3. The highest BCUT2D eigenvalue weighted by molar-refractivity contribution is 5.95. The molecular weight excluding hydrogens is 384 g/mol. The van der Waals surface area contributed by atoms with Crippen LogP contribution in [-0.2, 0) is 4.79 Å². The molecule has 0 radical (unpaired) electrons. The van der Waals surface area contributed by atoms with Crippen LogP contribution in [0.1, 0.15) is 60.5 Å². The molecule has 0 bridgehead atoms. The molecule has 1 saturated heterocycles. The van der Waals surface area contributed by atoms with E-state index in [0.29, 0.717) is 42.5 Å². The number of rotatable bonds is 6. The lowest BCUT2D eigenvalue weighted by Gasteiger charge is -2.31. The predicted molar refractivity (Wildman–Crippen MR) is 112 cm³/mol. The molecule has 2 aromatic rings. The van der Waals surface area contributed by atoms with Gasteiger partial charge >= 0.3 is 0 Å². The highest BCUT2D eigenvalue weighted by Crippen LogP contribution is 2.23. The smallest absolute Gasteiger partial charge is 0.273 e. The third-order valence-corrected chi connectivity index (χ3v) is 4.99. The van der Waals surface area contributed by atoms with E-state index in [-0.39, 0.29) is 23.8 Å². The van der Waals surface area contributed by atoms with Gasteiger partial charge in [0.2, 0.25) is 5.91 Å². The van der Waals surface area contributed by atoms with E-state index in [1.807, 2.05) is 18.7 Å². The number of benzene rings is 1. The number of anilines is 1. The van der Waals surface area contributed by atoms with Crippen molar-refractivity contribution in [2.24, 2.45) is 5.92 Å². The quantitative estimate of drug-likeness (QED) is 0.755. The molecule has 1 aliphatic heterocycles. The molecular formula is C21H28N6O3. The third-order valence-electron chi connectivity index (χ3n) is 4.99. The van der Waals surface area contributed by atoms with Crippen LogP contribution >= 0.6 is 0 Å². The molecule has 1 aliphatic rings. The van der Waals surface area contributed by atoms with Crippen molar-refractivity contribution in [2.45, 2.75) is 39.7 Å². The predicted octanol–water partition coefficient (Wildman–Crippen LogP) is 2.10. The summed E-state index contributed by atoms with van der Waals surface area (Å²) in [5, 5.41) is 13.6. The molecule has 0 atom stereocenters. The van der Waals surface area contributed by atoms with Crippen molar-refractivity contribution in [2.75, 3.05) is 25.0 Å². The maximum Gasteiger partial charge on any atom is 0.273 e. The lowest BCUT2D eigenvalue weighted by atomic mass is 10.0. The Kier molecular flexibility index (Phi) is 6.81. The van der Waals surface area contributed by atoms with Crippen molar-refractivity contribution < 1.29 is 14.4 Å². The number of hydrogen-bond acceptors (Lipinski definition) is 5. The molecule has 0 aliphatic carbocycles. The Balaban J connectivity index is 1.54. The van der Waals surface area contributed by atoms with E-state index >= 15 is 0 Å². The number of carbonyl (C=O) groups excluding carboxylic acids is 3. The fourth-order valence-electron chi connectivity index (χ4n) is 3.36. The van der Waals surface area contributed by atoms with Crippen LogP contribution in [-0.4, -0.2) is 57.2 Å². The number of carbonyl (C=O) groups is 3. The second-order valence-corrected chi connectivity index (χ2v) is 7.97. The standard InChI is InChI=1S/C21H28N6O3/c1-14(2)12-22-20(29)19-13-27(25-24-19)18-8-10-26(11-9-18)21(30)16-4-6-17(7-5-16)23-15(3)28/h4-7,13-14,18H,8-12H2,1-3H3,(H,22,29)(H,23,28). The molecule has 0 spiro atoms. The van der Waals surface area contributed by atoms with Gasteiger partial charge in [0.1, 0.15) is 0 Å². The lowest BCUT2D eigenvalue weighted by molar-refractivity contribution is -0.114. The van der Waals surface area contributed by atoms with Crippen LogP contribution in [0, 0.1) is 5.92 Å². The van der Waals surface area contributed by atoms with E-state index in [1.54, 1.807) is 35.1 Å². The maximum atomic E-state index is 12.7. The summed E-state index contributed by atoms with van der Waals surface area (Å²) in [6.45, 7) is 7.31. The van der Waals surface area contributed by atoms with E-state index in [4.69, 9.17) is 0 Å². The molecule has 1 aromatic carbocycles. The molecule has 9 nitrogen and oxygen atoms in total. The van der Waals surface area contributed by atoms with Gasteiger partial charge in [0.05, 0.1) is 12.2 Å². The fourth-order valence-corrected chi connectivity index (χ4v) is 3.36. The van der Waals surface area contributed by atoms with Crippen LogP contribution in [0.2, 0.25) is 0 Å². The number of likely N-dealkylation sites (tertiary alicyclic amines) is 1. The summed E-state index contributed by atoms with van der Waals surface area (Å²) < 4.78 is 1.73. The van der Waals surface area contributed by atoms with Gasteiger partial charge in [-0.15, -0.1) is 5.10 Å². The molecule has 1 fully saturated rings. The number of amides is 3. The third kappa shape index (κ3) is 5.43. The number of nitrogens with zero attached hydrogens (tertiary/aromatic N) is 4. The fraction of sp³-hybridized carbons (Fsp3) is 0.476. The van der Waals surface area contributed by atoms with Gasteiger partial charge in [-0.1, -0.05) is 19.1 Å². The van der Waals surface area contributed by atoms with Crippen molar-refractivity contribution in [3.05, 3.63) is 41.7 Å². The summed E-state index contributed by atoms with van der Waals surface area (Å²) in [7, 11) is 0. The average Bonchev–Trinajstić information content (AvgIpc) is 3.22. The minimum absolute atomic E-state index is 0.0323. The van der Waals surface area contributed by atoms with Crippen molar-refractivity contribution in [3.8, 4) is 0 Å². The van der Waals surface area contributed by atoms with E-state index in [0.717, 1.165) is 12.8 Å². The molecule has 1 aromatic heterocycles. The summed E-state index contributed by atoms with van der Waals surface area (Å²) in [6.07, 6.45) is 3.16. The minimum Gasteiger partial charge on any atom is -0.350 e. The minimum atomic E-state index is -0.217. The average molecular weight is 412 g/mol. The molecule has 9 heteroatoms. The van der Waals surface area contributed by atoms with E-state index in [1.165, 1.54) is 6.92 Å². The van der Waals surface area contributed by atoms with Gasteiger partial charge in [0.15, 0.2) is 5.69 Å². The van der Waals surface area contributed by atoms with Crippen LogP contribution in [0.3, 0.4) is 0 Å². The molecule has 2 heterocycles. The Hall–Kier alpha value is -3.23. The molecule has 0 unspecified atom stereocenters. The first kappa shape index (κ1) is 21.5. The van der Waals surface area contributed by atoms with E-state index < -0.39 is 0 Å². The van der Waals surface area contributed by atoms with Gasteiger partial charge in [-0.25, -0.2) is 4.68 Å². The highest BCUT2D eigenvalue weighted by atomic mass is 16.2. The first-order valence-electron chi connectivity index (χ1n) is 10.2. The van der Waals surface area contributed by atoms with Crippen LogP contribution in [0.4, 0.5) is 5.69 Å². The zero-order valence-electron chi connectivity index (χ0n) is 17.6.